The van der Waals surface area contributed by atoms with Crippen molar-refractivity contribution in [3.8, 4) is 17.0 Å². The standard InChI is InChI=1S/C23H26F4N8O2/c1-36-22-21-14(12-6-15(24)20(32-28)18(7-12)29-8-19(26)27)2-5-35(21)33-23(31-22)30-17-3-4-34(9-16(17)25)13-10-37-11-13/h2,5-7,13,16-17,19,28-29H,3-4,8-11H2,1H3,(H,30,33)/t16-,17-/m1/s1. The van der Waals surface area contributed by atoms with Gasteiger partial charge in [0.05, 0.1) is 44.6 Å². The number of halogens is 4. The Morgan fingerprint density at radius 3 is 2.78 bits per heavy atom. The minimum absolute atomic E-state index is 0.0448. The number of hydrogen-bond donors (Lipinski definition) is 3. The Morgan fingerprint density at radius 1 is 1.32 bits per heavy atom. The van der Waals surface area contributed by atoms with Gasteiger partial charge in [0, 0.05) is 24.8 Å². The molecule has 2 atom stereocenters. The Bertz CT molecular complexity index is 1290. The molecule has 0 radical (unpaired) electrons. The molecule has 0 amide bonds. The van der Waals surface area contributed by atoms with E-state index in [0.717, 1.165) is 12.6 Å². The SMILES string of the molecule is COc1nc(N[C@@H]2CCN(C3COC3)C[C@H]2F)nn2ccc(-c3cc(F)c(N=N)c(NCC(F)F)c3)c12. The molecule has 0 bridgehead atoms. The van der Waals surface area contributed by atoms with Crippen molar-refractivity contribution in [2.45, 2.75) is 31.1 Å². The number of nitrogens with zero attached hydrogens (tertiary/aromatic N) is 5. The summed E-state index contributed by atoms with van der Waals surface area (Å²) in [4.78, 5) is 6.50. The molecular formula is C23H26F4N8O2. The fourth-order valence-corrected chi connectivity index (χ4v) is 4.64. The second kappa shape index (κ2) is 10.5. The van der Waals surface area contributed by atoms with Gasteiger partial charge in [0.1, 0.15) is 17.4 Å². The zero-order chi connectivity index (χ0) is 26.1. The molecule has 0 spiro atoms. The number of piperidine rings is 1. The van der Waals surface area contributed by atoms with Crippen LogP contribution in [0.2, 0.25) is 0 Å². The van der Waals surface area contributed by atoms with Crippen LogP contribution < -0.4 is 15.4 Å². The zero-order valence-electron chi connectivity index (χ0n) is 19.9. The van der Waals surface area contributed by atoms with Crippen LogP contribution in [0.4, 0.5) is 34.9 Å². The molecule has 1 aromatic carbocycles. The Labute approximate surface area is 209 Å². The lowest BCUT2D eigenvalue weighted by Crippen LogP contribution is -2.57. The molecule has 10 nitrogen and oxygen atoms in total. The monoisotopic (exact) mass is 522 g/mol. The number of nitrogens with one attached hydrogen (secondary N) is 3. The van der Waals surface area contributed by atoms with Crippen LogP contribution in [0.3, 0.4) is 0 Å². The number of ether oxygens (including phenoxy) is 2. The fraction of sp³-hybridized carbons (Fsp3) is 0.478. The lowest BCUT2D eigenvalue weighted by atomic mass is 10.0. The Kier molecular flexibility index (Phi) is 7.11. The van der Waals surface area contributed by atoms with E-state index in [4.69, 9.17) is 15.0 Å². The molecule has 3 N–H and O–H groups in total. The lowest BCUT2D eigenvalue weighted by Gasteiger charge is -2.42. The molecule has 2 aliphatic heterocycles. The molecule has 2 aliphatic rings. The molecule has 2 saturated heterocycles. The molecule has 0 saturated carbocycles. The maximum Gasteiger partial charge on any atom is 0.255 e. The van der Waals surface area contributed by atoms with Crippen LogP contribution in [0.15, 0.2) is 29.5 Å². The average molecular weight is 523 g/mol. The van der Waals surface area contributed by atoms with E-state index in [1.165, 1.54) is 17.7 Å². The smallest absolute Gasteiger partial charge is 0.255 e. The van der Waals surface area contributed by atoms with E-state index in [2.05, 4.69) is 30.7 Å². The normalized spacial score (nSPS) is 20.7. The van der Waals surface area contributed by atoms with Crippen LogP contribution in [0, 0.1) is 11.3 Å². The van der Waals surface area contributed by atoms with Gasteiger partial charge in [-0.2, -0.15) is 10.1 Å². The average Bonchev–Trinajstić information content (AvgIpc) is 3.26. The molecule has 37 heavy (non-hydrogen) atoms. The van der Waals surface area contributed by atoms with Crippen molar-refractivity contribution in [2.75, 3.05) is 50.6 Å². The highest BCUT2D eigenvalue weighted by Crippen LogP contribution is 2.38. The maximum atomic E-state index is 14.9. The van der Waals surface area contributed by atoms with Crippen LogP contribution in [0.25, 0.3) is 16.6 Å². The highest BCUT2D eigenvalue weighted by molar-refractivity contribution is 5.87. The summed E-state index contributed by atoms with van der Waals surface area (Å²) in [5, 5.41) is 13.1. The third kappa shape index (κ3) is 5.03. The maximum absolute atomic E-state index is 14.9. The van der Waals surface area contributed by atoms with Crippen molar-refractivity contribution in [1.82, 2.24) is 19.5 Å². The van der Waals surface area contributed by atoms with Gasteiger partial charge >= 0.3 is 0 Å². The minimum Gasteiger partial charge on any atom is -0.479 e. The third-order valence-corrected chi connectivity index (χ3v) is 6.63. The number of alkyl halides is 3. The van der Waals surface area contributed by atoms with Gasteiger partial charge < -0.3 is 20.1 Å². The number of benzene rings is 1. The molecule has 2 aromatic heterocycles. The number of rotatable bonds is 9. The van der Waals surface area contributed by atoms with Crippen LogP contribution in [0.5, 0.6) is 5.88 Å². The first-order valence-corrected chi connectivity index (χ1v) is 11.8. The second-order valence-corrected chi connectivity index (χ2v) is 8.95. The Balaban J connectivity index is 1.42. The fourth-order valence-electron chi connectivity index (χ4n) is 4.64. The summed E-state index contributed by atoms with van der Waals surface area (Å²) < 4.78 is 67.3. The largest absolute Gasteiger partial charge is 0.479 e. The summed E-state index contributed by atoms with van der Waals surface area (Å²) in [6.45, 7) is 1.56. The van der Waals surface area contributed by atoms with E-state index in [-0.39, 0.29) is 29.2 Å². The van der Waals surface area contributed by atoms with Gasteiger partial charge in [0.15, 0.2) is 5.82 Å². The molecule has 2 fully saturated rings. The molecule has 5 rings (SSSR count). The highest BCUT2D eigenvalue weighted by atomic mass is 19.3. The van der Waals surface area contributed by atoms with Gasteiger partial charge in [-0.25, -0.2) is 27.6 Å². The van der Waals surface area contributed by atoms with E-state index < -0.39 is 31.0 Å². The number of methoxy groups -OCH3 is 1. The number of likely N-dealkylation sites (tertiary alicyclic amines) is 1. The zero-order valence-corrected chi connectivity index (χ0v) is 19.9. The quantitative estimate of drug-likeness (QED) is 0.287. The minimum atomic E-state index is -2.68. The first-order chi connectivity index (χ1) is 17.9. The van der Waals surface area contributed by atoms with Gasteiger partial charge in [-0.1, -0.05) is 0 Å². The van der Waals surface area contributed by atoms with E-state index in [1.807, 2.05) is 0 Å². The van der Waals surface area contributed by atoms with Crippen LogP contribution in [-0.2, 0) is 4.74 Å². The van der Waals surface area contributed by atoms with Crippen molar-refractivity contribution in [1.29, 1.82) is 5.53 Å². The first kappa shape index (κ1) is 25.1. The lowest BCUT2D eigenvalue weighted by molar-refractivity contribution is -0.0794. The molecule has 4 heterocycles. The highest BCUT2D eigenvalue weighted by Gasteiger charge is 2.35. The number of fused-ring (bicyclic) bond motifs is 1. The molecule has 198 valence electrons. The summed E-state index contributed by atoms with van der Waals surface area (Å²) in [6, 6.07) is 4.01. The first-order valence-electron chi connectivity index (χ1n) is 11.8. The Hall–Kier alpha value is -3.52. The van der Waals surface area contributed by atoms with Crippen molar-refractivity contribution in [3.63, 3.8) is 0 Å². The van der Waals surface area contributed by atoms with Gasteiger partial charge in [0.2, 0.25) is 11.8 Å². The van der Waals surface area contributed by atoms with Gasteiger partial charge in [-0.05, 0) is 30.2 Å². The van der Waals surface area contributed by atoms with Gasteiger partial charge in [0.25, 0.3) is 6.43 Å². The van der Waals surface area contributed by atoms with Crippen molar-refractivity contribution in [2.24, 2.45) is 5.11 Å². The number of aromatic nitrogens is 3. The Morgan fingerprint density at radius 2 is 2.14 bits per heavy atom. The van der Waals surface area contributed by atoms with Gasteiger partial charge in [-0.15, -0.1) is 5.10 Å². The molecule has 3 aromatic rings. The topological polar surface area (TPSA) is 112 Å². The third-order valence-electron chi connectivity index (χ3n) is 6.63. The molecular weight excluding hydrogens is 496 g/mol. The summed E-state index contributed by atoms with van der Waals surface area (Å²) >= 11 is 0. The van der Waals surface area contributed by atoms with Gasteiger partial charge in [-0.3, -0.25) is 4.90 Å². The van der Waals surface area contributed by atoms with Crippen molar-refractivity contribution in [3.05, 3.63) is 30.2 Å². The van der Waals surface area contributed by atoms with Crippen LogP contribution in [0.1, 0.15) is 6.42 Å². The van der Waals surface area contributed by atoms with E-state index >= 15 is 0 Å². The van der Waals surface area contributed by atoms with E-state index in [9.17, 15) is 17.6 Å². The van der Waals surface area contributed by atoms with Crippen LogP contribution >= 0.6 is 0 Å². The van der Waals surface area contributed by atoms with E-state index in [0.29, 0.717) is 42.8 Å². The molecule has 0 aliphatic carbocycles. The number of anilines is 2. The van der Waals surface area contributed by atoms with E-state index in [1.54, 1.807) is 12.3 Å². The second-order valence-electron chi connectivity index (χ2n) is 8.95. The van der Waals surface area contributed by atoms with Crippen molar-refractivity contribution < 1.29 is 27.0 Å². The summed E-state index contributed by atoms with van der Waals surface area (Å²) in [5.41, 5.74) is 7.99. The summed E-state index contributed by atoms with van der Waals surface area (Å²) in [7, 11) is 1.41. The molecule has 14 heteroatoms. The summed E-state index contributed by atoms with van der Waals surface area (Å²) in [6.07, 6.45) is -1.62. The van der Waals surface area contributed by atoms with Crippen LogP contribution in [-0.4, -0.2) is 84.1 Å². The summed E-state index contributed by atoms with van der Waals surface area (Å²) in [5.74, 6) is -0.516. The predicted octanol–water partition coefficient (Wildman–Crippen LogP) is 4.11. The van der Waals surface area contributed by atoms with Crippen molar-refractivity contribution >= 4 is 22.8 Å². The molecule has 0 unspecified atom stereocenters. The number of hydrogen-bond acceptors (Lipinski definition) is 9. The predicted molar refractivity (Wildman–Crippen MR) is 127 cm³/mol.